The monoisotopic (exact) mass is 261 g/mol. The average Bonchev–Trinajstić information content (AvgIpc) is 2.47. The van der Waals surface area contributed by atoms with Crippen molar-refractivity contribution in [1.29, 1.82) is 0 Å². The maximum atomic E-state index is 12.2. The number of urea groups is 1. The molecule has 0 aromatic heterocycles. The molecule has 0 bridgehead atoms. The zero-order chi connectivity index (χ0) is 13.5. The van der Waals surface area contributed by atoms with Crippen LogP contribution in [0.2, 0.25) is 0 Å². The van der Waals surface area contributed by atoms with Crippen molar-refractivity contribution in [2.45, 2.75) is 32.2 Å². The maximum absolute atomic E-state index is 12.2. The molecule has 4 nitrogen and oxygen atoms in total. The molecule has 1 saturated heterocycles. The summed E-state index contributed by atoms with van der Waals surface area (Å²) in [6.45, 7) is 4.61. The van der Waals surface area contributed by atoms with Crippen molar-refractivity contribution in [3.63, 3.8) is 0 Å². The summed E-state index contributed by atoms with van der Waals surface area (Å²) in [6.07, 6.45) is 3.67. The second-order valence-corrected chi connectivity index (χ2v) is 4.98. The van der Waals surface area contributed by atoms with E-state index in [4.69, 9.17) is 0 Å². The maximum Gasteiger partial charge on any atom is 0.321 e. The lowest BCUT2D eigenvalue weighted by Crippen LogP contribution is -2.46. The van der Waals surface area contributed by atoms with E-state index in [0.29, 0.717) is 6.04 Å². The molecule has 1 aromatic rings. The van der Waals surface area contributed by atoms with E-state index in [1.165, 1.54) is 12.8 Å². The van der Waals surface area contributed by atoms with E-state index < -0.39 is 0 Å². The van der Waals surface area contributed by atoms with E-state index in [1.807, 2.05) is 42.2 Å². The summed E-state index contributed by atoms with van der Waals surface area (Å²) < 4.78 is 0. The predicted molar refractivity (Wildman–Crippen MR) is 78.3 cm³/mol. The van der Waals surface area contributed by atoms with E-state index >= 15 is 0 Å². The minimum Gasteiger partial charge on any atom is -0.323 e. The Morgan fingerprint density at radius 3 is 2.79 bits per heavy atom. The van der Waals surface area contributed by atoms with Crippen LogP contribution in [0.3, 0.4) is 0 Å². The summed E-state index contributed by atoms with van der Waals surface area (Å²) in [6, 6.07) is 10.0. The Kier molecular flexibility index (Phi) is 5.21. The van der Waals surface area contributed by atoms with Gasteiger partial charge in [0, 0.05) is 24.8 Å². The van der Waals surface area contributed by atoms with Gasteiger partial charge in [0.2, 0.25) is 0 Å². The molecule has 0 saturated carbocycles. The second-order valence-electron chi connectivity index (χ2n) is 4.98. The lowest BCUT2D eigenvalue weighted by atomic mass is 10.0. The smallest absolute Gasteiger partial charge is 0.321 e. The molecular formula is C15H23N3O. The van der Waals surface area contributed by atoms with Gasteiger partial charge >= 0.3 is 6.03 Å². The van der Waals surface area contributed by atoms with Crippen LogP contribution in [0.1, 0.15) is 26.2 Å². The zero-order valence-electron chi connectivity index (χ0n) is 11.6. The van der Waals surface area contributed by atoms with Crippen LogP contribution >= 0.6 is 0 Å². The predicted octanol–water partition coefficient (Wildman–Crippen LogP) is 2.68. The molecule has 0 spiro atoms. The molecule has 1 aliphatic heterocycles. The van der Waals surface area contributed by atoms with Crippen LogP contribution in [0, 0.1) is 0 Å². The molecule has 0 aliphatic carbocycles. The van der Waals surface area contributed by atoms with Gasteiger partial charge in [-0.05, 0) is 38.4 Å². The van der Waals surface area contributed by atoms with Gasteiger partial charge in [0.15, 0.2) is 0 Å². The van der Waals surface area contributed by atoms with Gasteiger partial charge in [-0.25, -0.2) is 4.79 Å². The van der Waals surface area contributed by atoms with Crippen LogP contribution in [0.5, 0.6) is 0 Å². The van der Waals surface area contributed by atoms with Crippen LogP contribution in [0.15, 0.2) is 30.3 Å². The first-order chi connectivity index (χ1) is 9.29. The van der Waals surface area contributed by atoms with Crippen molar-refractivity contribution >= 4 is 11.7 Å². The number of piperidine rings is 1. The Labute approximate surface area is 115 Å². The number of hydrogen-bond donors (Lipinski definition) is 2. The van der Waals surface area contributed by atoms with Crippen molar-refractivity contribution < 1.29 is 4.79 Å². The van der Waals surface area contributed by atoms with Crippen molar-refractivity contribution in [2.24, 2.45) is 0 Å². The number of amides is 2. The minimum absolute atomic E-state index is 0.0129. The number of carbonyl (C=O) groups is 1. The third kappa shape index (κ3) is 4.24. The molecule has 2 amide bonds. The lowest BCUT2D eigenvalue weighted by Gasteiger charge is -2.30. The van der Waals surface area contributed by atoms with Gasteiger partial charge in [0.25, 0.3) is 0 Å². The fraction of sp³-hybridized carbons (Fsp3) is 0.533. The third-order valence-electron chi connectivity index (χ3n) is 3.55. The molecule has 1 fully saturated rings. The van der Waals surface area contributed by atoms with Crippen LogP contribution in [-0.4, -0.2) is 36.6 Å². The number of likely N-dealkylation sites (N-methyl/N-ethyl adjacent to an activating group) is 1. The number of hydrogen-bond acceptors (Lipinski definition) is 2. The summed E-state index contributed by atoms with van der Waals surface area (Å²) in [5.74, 6) is 0. The third-order valence-corrected chi connectivity index (χ3v) is 3.55. The molecule has 1 aliphatic rings. The van der Waals surface area contributed by atoms with Crippen molar-refractivity contribution in [1.82, 2.24) is 10.2 Å². The number of nitrogens with one attached hydrogen (secondary N) is 2. The summed E-state index contributed by atoms with van der Waals surface area (Å²) in [5, 5.41) is 6.42. The normalized spacial score (nSPS) is 18.9. The van der Waals surface area contributed by atoms with Crippen LogP contribution in [-0.2, 0) is 0 Å². The lowest BCUT2D eigenvalue weighted by molar-refractivity contribution is 0.203. The summed E-state index contributed by atoms with van der Waals surface area (Å²) in [7, 11) is 0. The van der Waals surface area contributed by atoms with Gasteiger partial charge in [0.05, 0.1) is 0 Å². The molecule has 104 valence electrons. The number of anilines is 1. The Bertz CT molecular complexity index is 388. The number of carbonyl (C=O) groups excluding carboxylic acids is 1. The molecular weight excluding hydrogens is 238 g/mol. The molecule has 1 atom stereocenters. The average molecular weight is 261 g/mol. The van der Waals surface area contributed by atoms with Gasteiger partial charge in [-0.15, -0.1) is 0 Å². The molecule has 19 heavy (non-hydrogen) atoms. The van der Waals surface area contributed by atoms with Crippen LogP contribution in [0.4, 0.5) is 10.5 Å². The Hall–Kier alpha value is -1.55. The van der Waals surface area contributed by atoms with E-state index in [0.717, 1.165) is 31.7 Å². The summed E-state index contributed by atoms with van der Waals surface area (Å²) in [5.41, 5.74) is 0.850. The topological polar surface area (TPSA) is 44.4 Å². The highest BCUT2D eigenvalue weighted by atomic mass is 16.2. The van der Waals surface area contributed by atoms with E-state index in [9.17, 15) is 4.79 Å². The highest BCUT2D eigenvalue weighted by Crippen LogP contribution is 2.10. The molecule has 2 rings (SSSR count). The highest BCUT2D eigenvalue weighted by molar-refractivity contribution is 5.89. The number of rotatable bonds is 4. The Balaban J connectivity index is 1.87. The number of nitrogens with zero attached hydrogens (tertiary/aromatic N) is 1. The molecule has 1 aromatic carbocycles. The van der Waals surface area contributed by atoms with Gasteiger partial charge in [0.1, 0.15) is 0 Å². The van der Waals surface area contributed by atoms with Crippen molar-refractivity contribution in [3.8, 4) is 0 Å². The first-order valence-electron chi connectivity index (χ1n) is 7.14. The van der Waals surface area contributed by atoms with Crippen LogP contribution < -0.4 is 10.6 Å². The second kappa shape index (κ2) is 7.14. The largest absolute Gasteiger partial charge is 0.323 e. The molecule has 1 unspecified atom stereocenters. The number of para-hydroxylation sites is 1. The van der Waals surface area contributed by atoms with Crippen molar-refractivity contribution in [2.75, 3.05) is 25.0 Å². The SMILES string of the molecule is CCN(CC1CCCCN1)C(=O)Nc1ccccc1. The van der Waals surface area contributed by atoms with Crippen LogP contribution in [0.25, 0.3) is 0 Å². The highest BCUT2D eigenvalue weighted by Gasteiger charge is 2.19. The zero-order valence-corrected chi connectivity index (χ0v) is 11.6. The fourth-order valence-corrected chi connectivity index (χ4v) is 2.43. The van der Waals surface area contributed by atoms with Gasteiger partial charge in [-0.1, -0.05) is 24.6 Å². The standard InChI is InChI=1S/C15H23N3O/c1-2-18(12-14-10-6-7-11-16-14)15(19)17-13-8-4-3-5-9-13/h3-5,8-9,14,16H,2,6-7,10-12H2,1H3,(H,17,19). The van der Waals surface area contributed by atoms with Crippen molar-refractivity contribution in [3.05, 3.63) is 30.3 Å². The fourth-order valence-electron chi connectivity index (χ4n) is 2.43. The molecule has 0 radical (unpaired) electrons. The van der Waals surface area contributed by atoms with E-state index in [2.05, 4.69) is 10.6 Å². The Morgan fingerprint density at radius 2 is 2.16 bits per heavy atom. The van der Waals surface area contributed by atoms with Gasteiger partial charge < -0.3 is 15.5 Å². The minimum atomic E-state index is -0.0129. The van der Waals surface area contributed by atoms with Gasteiger partial charge in [-0.3, -0.25) is 0 Å². The van der Waals surface area contributed by atoms with E-state index in [1.54, 1.807) is 0 Å². The Morgan fingerprint density at radius 1 is 1.37 bits per heavy atom. The first kappa shape index (κ1) is 13.9. The first-order valence-corrected chi connectivity index (χ1v) is 7.14. The quantitative estimate of drug-likeness (QED) is 0.875. The van der Waals surface area contributed by atoms with Gasteiger partial charge in [-0.2, -0.15) is 0 Å². The summed E-state index contributed by atoms with van der Waals surface area (Å²) >= 11 is 0. The number of benzene rings is 1. The summed E-state index contributed by atoms with van der Waals surface area (Å²) in [4.78, 5) is 14.1. The molecule has 2 N–H and O–H groups in total. The van der Waals surface area contributed by atoms with E-state index in [-0.39, 0.29) is 6.03 Å². The molecule has 1 heterocycles. The molecule has 4 heteroatoms.